The van der Waals surface area contributed by atoms with Gasteiger partial charge in [0.05, 0.1) is 5.75 Å². The standard InChI is InChI=1S/C12H17ClFNO3S/c1-9(3-2-6-16)15-19(17,18)8-10-7-11(13)4-5-12(10)14/h4-5,7,9,15-16H,2-3,6,8H2,1H3. The van der Waals surface area contributed by atoms with Crippen molar-refractivity contribution >= 4 is 21.6 Å². The molecule has 7 heteroatoms. The third-order valence-corrected chi connectivity index (χ3v) is 4.22. The van der Waals surface area contributed by atoms with E-state index in [1.807, 2.05) is 0 Å². The molecule has 1 atom stereocenters. The molecule has 0 radical (unpaired) electrons. The first-order valence-corrected chi connectivity index (χ1v) is 7.92. The number of halogens is 2. The molecular weight excluding hydrogens is 293 g/mol. The van der Waals surface area contributed by atoms with Crippen molar-refractivity contribution in [3.63, 3.8) is 0 Å². The number of hydrogen-bond acceptors (Lipinski definition) is 3. The third kappa shape index (κ3) is 5.86. The first kappa shape index (κ1) is 16.4. The van der Waals surface area contributed by atoms with Crippen LogP contribution in [0.15, 0.2) is 18.2 Å². The summed E-state index contributed by atoms with van der Waals surface area (Å²) in [5, 5.41) is 8.97. The van der Waals surface area contributed by atoms with E-state index in [0.29, 0.717) is 17.9 Å². The highest BCUT2D eigenvalue weighted by atomic mass is 35.5. The molecule has 0 aliphatic carbocycles. The van der Waals surface area contributed by atoms with Gasteiger partial charge in [-0.3, -0.25) is 0 Å². The van der Waals surface area contributed by atoms with Gasteiger partial charge in [0.15, 0.2) is 0 Å². The van der Waals surface area contributed by atoms with Crippen LogP contribution in [0.5, 0.6) is 0 Å². The Balaban J connectivity index is 2.71. The van der Waals surface area contributed by atoms with E-state index in [1.54, 1.807) is 6.92 Å². The van der Waals surface area contributed by atoms with Gasteiger partial charge in [-0.05, 0) is 38.0 Å². The zero-order valence-electron chi connectivity index (χ0n) is 10.6. The van der Waals surface area contributed by atoms with Crippen LogP contribution in [-0.2, 0) is 15.8 Å². The molecule has 2 N–H and O–H groups in total. The summed E-state index contributed by atoms with van der Waals surface area (Å²) in [7, 11) is -3.63. The predicted molar refractivity (Wildman–Crippen MR) is 73.0 cm³/mol. The second kappa shape index (κ2) is 7.19. The van der Waals surface area contributed by atoms with E-state index in [2.05, 4.69) is 4.72 Å². The average molecular weight is 310 g/mol. The van der Waals surface area contributed by atoms with E-state index >= 15 is 0 Å². The molecule has 1 unspecified atom stereocenters. The lowest BCUT2D eigenvalue weighted by molar-refractivity contribution is 0.279. The highest BCUT2D eigenvalue weighted by Gasteiger charge is 2.17. The van der Waals surface area contributed by atoms with Gasteiger partial charge in [-0.15, -0.1) is 0 Å². The number of sulfonamides is 1. The predicted octanol–water partition coefficient (Wildman–Crippen LogP) is 2.06. The van der Waals surface area contributed by atoms with Crippen LogP contribution >= 0.6 is 11.6 Å². The maximum atomic E-state index is 13.5. The topological polar surface area (TPSA) is 66.4 Å². The molecule has 0 spiro atoms. The lowest BCUT2D eigenvalue weighted by Gasteiger charge is -2.14. The van der Waals surface area contributed by atoms with Crippen LogP contribution in [0, 0.1) is 5.82 Å². The van der Waals surface area contributed by atoms with Gasteiger partial charge in [-0.2, -0.15) is 0 Å². The first-order valence-electron chi connectivity index (χ1n) is 5.89. The fourth-order valence-corrected chi connectivity index (χ4v) is 3.30. The summed E-state index contributed by atoms with van der Waals surface area (Å²) in [6, 6.07) is 3.50. The van der Waals surface area contributed by atoms with E-state index < -0.39 is 21.6 Å². The molecule has 4 nitrogen and oxygen atoms in total. The second-order valence-corrected chi connectivity index (χ2v) is 6.57. The Hall–Kier alpha value is -0.690. The van der Waals surface area contributed by atoms with E-state index in [1.165, 1.54) is 12.1 Å². The molecule has 0 bridgehead atoms. The van der Waals surface area contributed by atoms with Crippen molar-refractivity contribution in [3.05, 3.63) is 34.6 Å². The molecule has 1 aromatic carbocycles. The molecule has 1 rings (SSSR count). The zero-order chi connectivity index (χ0) is 14.5. The Morgan fingerprint density at radius 2 is 2.16 bits per heavy atom. The van der Waals surface area contributed by atoms with Crippen LogP contribution in [0.1, 0.15) is 25.3 Å². The molecule has 0 saturated carbocycles. The fourth-order valence-electron chi connectivity index (χ4n) is 1.66. The van der Waals surface area contributed by atoms with Crippen LogP contribution in [0.25, 0.3) is 0 Å². The molecule has 19 heavy (non-hydrogen) atoms. The Kier molecular flexibility index (Phi) is 6.19. The van der Waals surface area contributed by atoms with Gasteiger partial charge in [0.1, 0.15) is 5.82 Å². The molecule has 0 amide bonds. The normalized spacial score (nSPS) is 13.5. The fraction of sp³-hybridized carbons (Fsp3) is 0.500. The lowest BCUT2D eigenvalue weighted by atomic mass is 10.2. The van der Waals surface area contributed by atoms with Crippen LogP contribution in [0.2, 0.25) is 5.02 Å². The molecular formula is C12H17ClFNO3S. The Bertz CT molecular complexity index is 522. The van der Waals surface area contributed by atoms with Gasteiger partial charge in [-0.25, -0.2) is 17.5 Å². The monoisotopic (exact) mass is 309 g/mol. The minimum atomic E-state index is -3.63. The van der Waals surface area contributed by atoms with Crippen molar-refractivity contribution < 1.29 is 17.9 Å². The summed E-state index contributed by atoms with van der Waals surface area (Å²) in [5.41, 5.74) is 0.0364. The maximum Gasteiger partial charge on any atom is 0.216 e. The van der Waals surface area contributed by atoms with Gasteiger partial charge < -0.3 is 5.11 Å². The molecule has 1 aromatic rings. The Labute approximate surface area is 117 Å². The van der Waals surface area contributed by atoms with Gasteiger partial charge in [0.2, 0.25) is 10.0 Å². The van der Waals surface area contributed by atoms with Crippen molar-refractivity contribution in [1.29, 1.82) is 0 Å². The van der Waals surface area contributed by atoms with Crippen LogP contribution in [-0.4, -0.2) is 26.2 Å². The highest BCUT2D eigenvalue weighted by molar-refractivity contribution is 7.88. The first-order chi connectivity index (χ1) is 8.84. The summed E-state index contributed by atoms with van der Waals surface area (Å²) in [6.07, 6.45) is 1.03. The smallest absolute Gasteiger partial charge is 0.216 e. The quantitative estimate of drug-likeness (QED) is 0.810. The highest BCUT2D eigenvalue weighted by Crippen LogP contribution is 2.17. The molecule has 0 heterocycles. The molecule has 0 fully saturated rings. The maximum absolute atomic E-state index is 13.5. The van der Waals surface area contributed by atoms with Crippen molar-refractivity contribution in [2.45, 2.75) is 31.6 Å². The van der Waals surface area contributed by atoms with Crippen LogP contribution in [0.4, 0.5) is 4.39 Å². The SMILES string of the molecule is CC(CCCO)NS(=O)(=O)Cc1cc(Cl)ccc1F. The summed E-state index contributed by atoms with van der Waals surface area (Å²) in [4.78, 5) is 0. The molecule has 0 aromatic heterocycles. The number of nitrogens with one attached hydrogen (secondary N) is 1. The van der Waals surface area contributed by atoms with E-state index in [-0.39, 0.29) is 18.2 Å². The van der Waals surface area contributed by atoms with Gasteiger partial charge in [-0.1, -0.05) is 11.6 Å². The summed E-state index contributed by atoms with van der Waals surface area (Å²) >= 11 is 5.71. The van der Waals surface area contributed by atoms with Crippen LogP contribution in [0.3, 0.4) is 0 Å². The van der Waals surface area contributed by atoms with Crippen molar-refractivity contribution in [1.82, 2.24) is 4.72 Å². The number of aliphatic hydroxyl groups is 1. The van der Waals surface area contributed by atoms with E-state index in [0.717, 1.165) is 6.07 Å². The lowest BCUT2D eigenvalue weighted by Crippen LogP contribution is -2.33. The van der Waals surface area contributed by atoms with Crippen LogP contribution < -0.4 is 4.72 Å². The largest absolute Gasteiger partial charge is 0.396 e. The number of benzene rings is 1. The summed E-state index contributed by atoms with van der Waals surface area (Å²) in [6.45, 7) is 1.70. The van der Waals surface area contributed by atoms with Crippen molar-refractivity contribution in [2.24, 2.45) is 0 Å². The summed E-state index contributed by atoms with van der Waals surface area (Å²) < 4.78 is 39.6. The molecule has 0 saturated heterocycles. The second-order valence-electron chi connectivity index (χ2n) is 4.38. The molecule has 0 aliphatic heterocycles. The van der Waals surface area contributed by atoms with Crippen molar-refractivity contribution in [2.75, 3.05) is 6.61 Å². The van der Waals surface area contributed by atoms with E-state index in [4.69, 9.17) is 16.7 Å². The number of aliphatic hydroxyl groups excluding tert-OH is 1. The minimum Gasteiger partial charge on any atom is -0.396 e. The summed E-state index contributed by atoms with van der Waals surface area (Å²) in [5.74, 6) is -1.05. The van der Waals surface area contributed by atoms with Gasteiger partial charge in [0, 0.05) is 23.2 Å². The van der Waals surface area contributed by atoms with Crippen molar-refractivity contribution in [3.8, 4) is 0 Å². The Morgan fingerprint density at radius 1 is 1.47 bits per heavy atom. The minimum absolute atomic E-state index is 0.00892. The van der Waals surface area contributed by atoms with E-state index in [9.17, 15) is 12.8 Å². The number of rotatable bonds is 7. The van der Waals surface area contributed by atoms with Gasteiger partial charge in [0.25, 0.3) is 0 Å². The zero-order valence-corrected chi connectivity index (χ0v) is 12.1. The Morgan fingerprint density at radius 3 is 2.79 bits per heavy atom. The number of hydrogen-bond donors (Lipinski definition) is 2. The third-order valence-electron chi connectivity index (χ3n) is 2.53. The molecule has 108 valence electrons. The van der Waals surface area contributed by atoms with Gasteiger partial charge >= 0.3 is 0 Å². The average Bonchev–Trinajstić information content (AvgIpc) is 2.30. The molecule has 0 aliphatic rings.